The van der Waals surface area contributed by atoms with Crippen LogP contribution >= 0.6 is 0 Å². The molecule has 2 aromatic heterocycles. The van der Waals surface area contributed by atoms with Gasteiger partial charge < -0.3 is 13.9 Å². The molecule has 326 valence electrons. The van der Waals surface area contributed by atoms with Crippen LogP contribution in [0.5, 0.6) is 0 Å². The van der Waals surface area contributed by atoms with Crippen LogP contribution in [0.3, 0.4) is 0 Å². The van der Waals surface area contributed by atoms with Gasteiger partial charge in [-0.25, -0.2) is 0 Å². The summed E-state index contributed by atoms with van der Waals surface area (Å²) < 4.78 is 9.47. The first-order chi connectivity index (χ1) is 34.7. The Balaban J connectivity index is 0.937. The average Bonchev–Trinajstić information content (AvgIpc) is 4.15. The predicted octanol–water partition coefficient (Wildman–Crippen LogP) is 17.8. The second kappa shape index (κ2) is 14.9. The first-order valence-corrected chi connectivity index (χ1v) is 24.2. The van der Waals surface area contributed by atoms with Gasteiger partial charge in [0, 0.05) is 49.9 Å². The summed E-state index contributed by atoms with van der Waals surface area (Å²) in [5.74, 6) is 0. The number of rotatable bonds is 6. The second-order valence-corrected chi connectivity index (χ2v) is 18.7. The van der Waals surface area contributed by atoms with Gasteiger partial charge in [-0.2, -0.15) is 0 Å². The van der Waals surface area contributed by atoms with Crippen molar-refractivity contribution in [3.8, 4) is 50.2 Å². The van der Waals surface area contributed by atoms with Gasteiger partial charge in [0.25, 0.3) is 0 Å². The van der Waals surface area contributed by atoms with Crippen LogP contribution in [0.15, 0.2) is 259 Å². The Labute approximate surface area is 405 Å². The summed E-state index contributed by atoms with van der Waals surface area (Å²) in [4.78, 5) is 2.38. The van der Waals surface area contributed by atoms with Gasteiger partial charge >= 0.3 is 0 Å². The Morgan fingerprint density at radius 3 is 1.37 bits per heavy atom. The summed E-state index contributed by atoms with van der Waals surface area (Å²) >= 11 is 0. The number of benzene rings is 11. The van der Waals surface area contributed by atoms with Crippen LogP contribution in [0.4, 0.5) is 17.1 Å². The summed E-state index contributed by atoms with van der Waals surface area (Å²) in [6.07, 6.45) is 0. The quantitative estimate of drug-likeness (QED) is 0.166. The number of furan rings is 1. The lowest BCUT2D eigenvalue weighted by atomic mass is 9.68. The SMILES string of the molecule is c1ccc(-c2ccc(N(c3ccc(-c4c5c(cc6c4oc4ccccc46)-c4ccccc4C54c5ccccc5-c5ccccc54)cc3)c3ccc(-n4c5ccccc5c5ccccc54)cc3)cc2)cc1. The molecule has 11 aromatic carbocycles. The lowest BCUT2D eigenvalue weighted by Crippen LogP contribution is -2.26. The van der Waals surface area contributed by atoms with Crippen LogP contribution in [0.25, 0.3) is 93.9 Å². The average molecular weight is 891 g/mol. The number of hydrogen-bond donors (Lipinski definition) is 0. The largest absolute Gasteiger partial charge is 0.455 e. The molecule has 3 nitrogen and oxygen atoms in total. The van der Waals surface area contributed by atoms with E-state index in [-0.39, 0.29) is 0 Å². The molecule has 0 saturated heterocycles. The molecule has 0 atom stereocenters. The number of nitrogens with zero attached hydrogens (tertiary/aromatic N) is 2. The maximum absolute atomic E-state index is 7.09. The van der Waals surface area contributed by atoms with Crippen molar-refractivity contribution < 1.29 is 4.42 Å². The van der Waals surface area contributed by atoms with Crippen LogP contribution in [0.2, 0.25) is 0 Å². The highest BCUT2D eigenvalue weighted by atomic mass is 16.3. The van der Waals surface area contributed by atoms with E-state index in [9.17, 15) is 0 Å². The number of anilines is 3. The van der Waals surface area contributed by atoms with Crippen LogP contribution in [0.1, 0.15) is 22.3 Å². The zero-order chi connectivity index (χ0) is 45.9. The number of aromatic nitrogens is 1. The number of hydrogen-bond acceptors (Lipinski definition) is 2. The zero-order valence-corrected chi connectivity index (χ0v) is 38.1. The third kappa shape index (κ3) is 5.40. The van der Waals surface area contributed by atoms with E-state index in [1.807, 2.05) is 0 Å². The van der Waals surface area contributed by atoms with Crippen molar-refractivity contribution in [3.05, 3.63) is 277 Å². The minimum absolute atomic E-state index is 0.551. The Morgan fingerprint density at radius 1 is 0.343 bits per heavy atom. The van der Waals surface area contributed by atoms with Gasteiger partial charge in [-0.05, 0) is 134 Å². The fourth-order valence-electron chi connectivity index (χ4n) is 12.3. The highest BCUT2D eigenvalue weighted by Gasteiger charge is 2.53. The molecule has 0 radical (unpaired) electrons. The number of fused-ring (bicyclic) bond motifs is 16. The molecule has 15 rings (SSSR count). The van der Waals surface area contributed by atoms with Crippen LogP contribution in [-0.2, 0) is 5.41 Å². The van der Waals surface area contributed by atoms with Crippen molar-refractivity contribution >= 4 is 60.8 Å². The zero-order valence-electron chi connectivity index (χ0n) is 38.1. The summed E-state index contributed by atoms with van der Waals surface area (Å²) in [6.45, 7) is 0. The maximum Gasteiger partial charge on any atom is 0.143 e. The minimum Gasteiger partial charge on any atom is -0.455 e. The standard InChI is InChI=1S/C67H42N2O/c1-2-16-43(17-3-1)44-30-34-46(35-31-44)68(48-38-40-49(41-39-48)69-61-27-13-7-21-53(61)54-22-8-14-28-62(54)69)47-36-32-45(33-37-47)64-65-56(42-57-55-23-9-15-29-63(55)70-66(57)64)52-20-6-12-26-60(52)67(65)58-24-10-4-18-50(58)51-19-5-11-25-59(51)67/h1-42H. The van der Waals surface area contributed by atoms with Crippen molar-refractivity contribution in [2.75, 3.05) is 4.90 Å². The monoisotopic (exact) mass is 890 g/mol. The normalized spacial score (nSPS) is 13.0. The molecule has 70 heavy (non-hydrogen) atoms. The lowest BCUT2D eigenvalue weighted by molar-refractivity contribution is 0.668. The first-order valence-electron chi connectivity index (χ1n) is 24.2. The summed E-state index contributed by atoms with van der Waals surface area (Å²) in [6, 6.07) is 93.3. The van der Waals surface area contributed by atoms with Gasteiger partial charge in [-0.1, -0.05) is 182 Å². The third-order valence-electron chi connectivity index (χ3n) is 15.2. The Morgan fingerprint density at radius 2 is 0.786 bits per heavy atom. The van der Waals surface area contributed by atoms with Crippen molar-refractivity contribution in [2.24, 2.45) is 0 Å². The van der Waals surface area contributed by atoms with E-state index in [1.54, 1.807) is 0 Å². The topological polar surface area (TPSA) is 21.3 Å². The van der Waals surface area contributed by atoms with Crippen molar-refractivity contribution in [2.45, 2.75) is 5.41 Å². The smallest absolute Gasteiger partial charge is 0.143 e. The molecule has 13 aromatic rings. The Bertz CT molecular complexity index is 4120. The van der Waals surface area contributed by atoms with Gasteiger partial charge in [0.05, 0.1) is 16.4 Å². The van der Waals surface area contributed by atoms with Crippen molar-refractivity contribution in [1.82, 2.24) is 4.57 Å². The molecule has 0 aliphatic heterocycles. The summed E-state index contributed by atoms with van der Waals surface area (Å²) in [5, 5.41) is 4.76. The van der Waals surface area contributed by atoms with Gasteiger partial charge in [0.1, 0.15) is 11.2 Å². The van der Waals surface area contributed by atoms with E-state index >= 15 is 0 Å². The number of para-hydroxylation sites is 3. The molecular formula is C67H42N2O. The highest BCUT2D eigenvalue weighted by Crippen LogP contribution is 2.65. The molecule has 2 aliphatic rings. The Hall–Kier alpha value is -9.18. The third-order valence-corrected chi connectivity index (χ3v) is 15.2. The molecule has 0 unspecified atom stereocenters. The molecule has 3 heteroatoms. The molecule has 0 amide bonds. The van der Waals surface area contributed by atoms with Crippen LogP contribution in [0, 0.1) is 0 Å². The molecule has 1 spiro atoms. The van der Waals surface area contributed by atoms with Crippen molar-refractivity contribution in [3.63, 3.8) is 0 Å². The molecule has 2 heterocycles. The molecule has 2 aliphatic carbocycles. The van der Waals surface area contributed by atoms with E-state index in [1.165, 1.54) is 77.4 Å². The van der Waals surface area contributed by atoms with E-state index < -0.39 is 5.41 Å². The van der Waals surface area contributed by atoms with E-state index in [2.05, 4.69) is 264 Å². The molecule has 0 N–H and O–H groups in total. The van der Waals surface area contributed by atoms with Crippen LogP contribution < -0.4 is 4.90 Å². The first kappa shape index (κ1) is 38.9. The Kier molecular flexibility index (Phi) is 8.28. The van der Waals surface area contributed by atoms with E-state index in [0.29, 0.717) is 0 Å². The molecule has 0 fully saturated rings. The molecule has 0 bridgehead atoms. The van der Waals surface area contributed by atoms with Gasteiger partial charge in [-0.15, -0.1) is 0 Å². The fraction of sp³-hybridized carbons (Fsp3) is 0.0149. The fourth-order valence-corrected chi connectivity index (χ4v) is 12.3. The molecule has 0 saturated carbocycles. The predicted molar refractivity (Wildman–Crippen MR) is 290 cm³/mol. The van der Waals surface area contributed by atoms with Gasteiger partial charge in [0.15, 0.2) is 0 Å². The van der Waals surface area contributed by atoms with Crippen molar-refractivity contribution in [1.29, 1.82) is 0 Å². The summed E-state index contributed by atoms with van der Waals surface area (Å²) in [7, 11) is 0. The van der Waals surface area contributed by atoms with Crippen LogP contribution in [-0.4, -0.2) is 4.57 Å². The van der Waals surface area contributed by atoms with E-state index in [0.717, 1.165) is 55.8 Å². The maximum atomic E-state index is 7.09. The minimum atomic E-state index is -0.551. The van der Waals surface area contributed by atoms with Gasteiger partial charge in [0.2, 0.25) is 0 Å². The second-order valence-electron chi connectivity index (χ2n) is 18.7. The molecular weight excluding hydrogens is 849 g/mol. The lowest BCUT2D eigenvalue weighted by Gasteiger charge is -2.32. The summed E-state index contributed by atoms with van der Waals surface area (Å²) in [5.41, 5.74) is 22.9. The highest BCUT2D eigenvalue weighted by molar-refractivity contribution is 6.15. The van der Waals surface area contributed by atoms with Gasteiger partial charge in [-0.3, -0.25) is 0 Å². The van der Waals surface area contributed by atoms with E-state index in [4.69, 9.17) is 4.42 Å².